The number of fused-ring (bicyclic) bond motifs is 1. The van der Waals surface area contributed by atoms with Gasteiger partial charge in [0.25, 0.3) is 0 Å². The number of anilines is 1. The van der Waals surface area contributed by atoms with Crippen LogP contribution in [0.1, 0.15) is 12.0 Å². The van der Waals surface area contributed by atoms with E-state index in [1.54, 1.807) is 6.07 Å². The molecular formula is C10H14N2O3S. The summed E-state index contributed by atoms with van der Waals surface area (Å²) in [5.74, 6) is 0.693. The topological polar surface area (TPSA) is 81.4 Å². The van der Waals surface area contributed by atoms with E-state index in [0.717, 1.165) is 18.4 Å². The van der Waals surface area contributed by atoms with Crippen molar-refractivity contribution in [1.82, 2.24) is 4.72 Å². The minimum absolute atomic E-state index is 0.124. The van der Waals surface area contributed by atoms with E-state index in [1.807, 2.05) is 0 Å². The van der Waals surface area contributed by atoms with Crippen molar-refractivity contribution in [2.75, 3.05) is 19.4 Å². The van der Waals surface area contributed by atoms with Crippen molar-refractivity contribution >= 4 is 15.7 Å². The first kappa shape index (κ1) is 11.2. The van der Waals surface area contributed by atoms with E-state index in [4.69, 9.17) is 10.5 Å². The van der Waals surface area contributed by atoms with Crippen molar-refractivity contribution in [1.29, 1.82) is 0 Å². The second-order valence-corrected chi connectivity index (χ2v) is 5.47. The Morgan fingerprint density at radius 2 is 2.19 bits per heavy atom. The van der Waals surface area contributed by atoms with Crippen LogP contribution in [-0.2, 0) is 16.4 Å². The predicted octanol–water partition coefficient (Wildman–Crippen LogP) is 0.502. The Hall–Kier alpha value is -1.27. The third-order valence-electron chi connectivity index (χ3n) is 2.66. The molecule has 0 spiro atoms. The van der Waals surface area contributed by atoms with Crippen molar-refractivity contribution in [3.8, 4) is 5.75 Å². The van der Waals surface area contributed by atoms with E-state index in [2.05, 4.69) is 4.72 Å². The van der Waals surface area contributed by atoms with Crippen molar-refractivity contribution in [2.24, 2.45) is 0 Å². The molecule has 16 heavy (non-hydrogen) atoms. The Labute approximate surface area is 94.6 Å². The lowest BCUT2D eigenvalue weighted by atomic mass is 10.0. The maximum Gasteiger partial charge on any atom is 0.242 e. The molecule has 5 nitrogen and oxygen atoms in total. The Balaban J connectivity index is 2.59. The number of ether oxygens (including phenoxy) is 1. The van der Waals surface area contributed by atoms with Gasteiger partial charge in [-0.3, -0.25) is 0 Å². The Bertz CT molecular complexity index is 511. The molecule has 1 heterocycles. The summed E-state index contributed by atoms with van der Waals surface area (Å²) in [6, 6.07) is 3.14. The first-order valence-electron chi connectivity index (χ1n) is 5.04. The minimum Gasteiger partial charge on any atom is -0.493 e. The van der Waals surface area contributed by atoms with Gasteiger partial charge in [0.05, 0.1) is 12.3 Å². The molecule has 0 aliphatic carbocycles. The number of hydrogen-bond acceptors (Lipinski definition) is 4. The first-order chi connectivity index (χ1) is 7.56. The van der Waals surface area contributed by atoms with Gasteiger partial charge < -0.3 is 10.5 Å². The van der Waals surface area contributed by atoms with Gasteiger partial charge in [0.2, 0.25) is 10.0 Å². The van der Waals surface area contributed by atoms with Crippen LogP contribution < -0.4 is 15.2 Å². The molecule has 1 aromatic carbocycles. The first-order valence-corrected chi connectivity index (χ1v) is 6.52. The summed E-state index contributed by atoms with van der Waals surface area (Å²) >= 11 is 0. The highest BCUT2D eigenvalue weighted by atomic mass is 32.2. The quantitative estimate of drug-likeness (QED) is 0.740. The second-order valence-electron chi connectivity index (χ2n) is 3.61. The molecule has 0 radical (unpaired) electrons. The van der Waals surface area contributed by atoms with Crippen LogP contribution in [0.2, 0.25) is 0 Å². The Kier molecular flexibility index (Phi) is 2.77. The summed E-state index contributed by atoms with van der Waals surface area (Å²) < 4.78 is 31.0. The fourth-order valence-electron chi connectivity index (χ4n) is 1.79. The average Bonchev–Trinajstić information content (AvgIpc) is 2.29. The summed E-state index contributed by atoms with van der Waals surface area (Å²) in [5.41, 5.74) is 6.96. The third kappa shape index (κ3) is 1.74. The van der Waals surface area contributed by atoms with Gasteiger partial charge in [-0.1, -0.05) is 0 Å². The normalized spacial score (nSPS) is 15.3. The van der Waals surface area contributed by atoms with Gasteiger partial charge in [-0.05, 0) is 32.0 Å². The molecule has 2 rings (SSSR count). The zero-order valence-electron chi connectivity index (χ0n) is 8.99. The fraction of sp³-hybridized carbons (Fsp3) is 0.400. The molecule has 1 aliphatic rings. The highest BCUT2D eigenvalue weighted by molar-refractivity contribution is 7.89. The lowest BCUT2D eigenvalue weighted by Gasteiger charge is -2.20. The molecule has 88 valence electrons. The number of nitrogen functional groups attached to an aromatic ring is 1. The van der Waals surface area contributed by atoms with Crippen molar-refractivity contribution in [2.45, 2.75) is 17.7 Å². The highest BCUT2D eigenvalue weighted by Crippen LogP contribution is 2.33. The van der Waals surface area contributed by atoms with Gasteiger partial charge in [0.1, 0.15) is 10.6 Å². The van der Waals surface area contributed by atoms with Gasteiger partial charge in [-0.25, -0.2) is 13.1 Å². The van der Waals surface area contributed by atoms with Gasteiger partial charge in [-0.2, -0.15) is 0 Å². The number of hydrogen-bond donors (Lipinski definition) is 2. The lowest BCUT2D eigenvalue weighted by molar-refractivity contribution is 0.288. The summed E-state index contributed by atoms with van der Waals surface area (Å²) in [6.45, 7) is 0.657. The van der Waals surface area contributed by atoms with Crippen LogP contribution in [0.4, 0.5) is 5.69 Å². The van der Waals surface area contributed by atoms with Gasteiger partial charge in [-0.15, -0.1) is 0 Å². The van der Waals surface area contributed by atoms with E-state index in [1.165, 1.54) is 13.1 Å². The molecule has 3 N–H and O–H groups in total. The van der Waals surface area contributed by atoms with Crippen LogP contribution in [0.15, 0.2) is 17.0 Å². The van der Waals surface area contributed by atoms with Gasteiger partial charge >= 0.3 is 0 Å². The second kappa shape index (κ2) is 3.95. The zero-order chi connectivity index (χ0) is 11.8. The molecule has 0 aromatic heterocycles. The Morgan fingerprint density at radius 3 is 2.88 bits per heavy atom. The van der Waals surface area contributed by atoms with Crippen LogP contribution in [0, 0.1) is 0 Å². The van der Waals surface area contributed by atoms with Crippen molar-refractivity contribution in [3.63, 3.8) is 0 Å². The molecule has 0 fully saturated rings. The van der Waals surface area contributed by atoms with Crippen LogP contribution >= 0.6 is 0 Å². The summed E-state index contributed by atoms with van der Waals surface area (Å²) in [5, 5.41) is 0. The largest absolute Gasteiger partial charge is 0.493 e. The lowest BCUT2D eigenvalue weighted by Crippen LogP contribution is -2.21. The van der Waals surface area contributed by atoms with Gasteiger partial charge in [0, 0.05) is 5.56 Å². The average molecular weight is 242 g/mol. The smallest absolute Gasteiger partial charge is 0.242 e. The summed E-state index contributed by atoms with van der Waals surface area (Å²) in [7, 11) is -2.13. The van der Waals surface area contributed by atoms with Crippen molar-refractivity contribution < 1.29 is 13.2 Å². The maximum absolute atomic E-state index is 11.7. The molecule has 0 amide bonds. The van der Waals surface area contributed by atoms with E-state index >= 15 is 0 Å². The minimum atomic E-state index is -3.49. The van der Waals surface area contributed by atoms with Crippen molar-refractivity contribution in [3.05, 3.63) is 17.7 Å². The summed E-state index contributed by atoms with van der Waals surface area (Å²) in [6.07, 6.45) is 1.62. The molecule has 0 bridgehead atoms. The number of nitrogens with one attached hydrogen (secondary N) is 1. The molecule has 6 heteroatoms. The number of rotatable bonds is 2. The molecule has 0 saturated heterocycles. The molecule has 0 atom stereocenters. The number of benzene rings is 1. The number of nitrogens with two attached hydrogens (primary N) is 1. The third-order valence-corrected chi connectivity index (χ3v) is 4.13. The predicted molar refractivity (Wildman–Crippen MR) is 60.9 cm³/mol. The monoisotopic (exact) mass is 242 g/mol. The zero-order valence-corrected chi connectivity index (χ0v) is 9.80. The van der Waals surface area contributed by atoms with Crippen LogP contribution in [0.5, 0.6) is 5.75 Å². The van der Waals surface area contributed by atoms with Gasteiger partial charge in [0.15, 0.2) is 0 Å². The SMILES string of the molecule is CNS(=O)(=O)c1ccc2c(c1N)CCCO2. The standard InChI is InChI=1S/C10H14N2O3S/c1-12-16(13,14)9-5-4-8-7(10(9)11)3-2-6-15-8/h4-5,12H,2-3,6,11H2,1H3. The fourth-order valence-corrected chi connectivity index (χ4v) is 2.67. The van der Waals surface area contributed by atoms with E-state index in [0.29, 0.717) is 18.0 Å². The molecule has 1 aromatic rings. The molecule has 0 saturated carbocycles. The van der Waals surface area contributed by atoms with Crippen LogP contribution in [0.25, 0.3) is 0 Å². The van der Waals surface area contributed by atoms with E-state index in [9.17, 15) is 8.42 Å². The molecule has 0 unspecified atom stereocenters. The maximum atomic E-state index is 11.7. The summed E-state index contributed by atoms with van der Waals surface area (Å²) in [4.78, 5) is 0.124. The van der Waals surface area contributed by atoms with Crippen LogP contribution in [-0.4, -0.2) is 22.1 Å². The highest BCUT2D eigenvalue weighted by Gasteiger charge is 2.21. The number of sulfonamides is 1. The van der Waals surface area contributed by atoms with E-state index in [-0.39, 0.29) is 4.90 Å². The Morgan fingerprint density at radius 1 is 1.44 bits per heavy atom. The molecule has 1 aliphatic heterocycles. The molecular weight excluding hydrogens is 228 g/mol. The van der Waals surface area contributed by atoms with Crippen LogP contribution in [0.3, 0.4) is 0 Å². The van der Waals surface area contributed by atoms with E-state index < -0.39 is 10.0 Å².